The molecule has 0 saturated heterocycles. The maximum atomic E-state index is 3.86. The number of rotatable bonds is 0. The van der Waals surface area contributed by atoms with Gasteiger partial charge in [-0.15, -0.1) is 0 Å². The standard InChI is InChI=1S/C8H11N.BrH/c1-6-3-4-8(9)7(2)5-6;/h3-5H,9H2,1-2H3;1H. The van der Waals surface area contributed by atoms with Crippen molar-refractivity contribution < 1.29 is 22.7 Å². The van der Waals surface area contributed by atoms with Gasteiger partial charge in [0.25, 0.3) is 0 Å². The van der Waals surface area contributed by atoms with Gasteiger partial charge in [0.1, 0.15) is 5.69 Å². The Hall–Kier alpha value is -0.340. The number of quaternary nitrogens is 1. The highest BCUT2D eigenvalue weighted by molar-refractivity contribution is 5.39. The summed E-state index contributed by atoms with van der Waals surface area (Å²) in [5, 5.41) is 0. The molecule has 1 aromatic carbocycles. The van der Waals surface area contributed by atoms with Gasteiger partial charge in [0, 0.05) is 5.56 Å². The zero-order valence-electron chi connectivity index (χ0n) is 6.32. The van der Waals surface area contributed by atoms with Crippen LogP contribution in [0.3, 0.4) is 0 Å². The van der Waals surface area contributed by atoms with Crippen molar-refractivity contribution in [3.63, 3.8) is 0 Å². The Morgan fingerprint density at radius 3 is 2.20 bits per heavy atom. The van der Waals surface area contributed by atoms with Gasteiger partial charge in [0.2, 0.25) is 0 Å². The van der Waals surface area contributed by atoms with Gasteiger partial charge in [-0.1, -0.05) is 17.7 Å². The van der Waals surface area contributed by atoms with Gasteiger partial charge < -0.3 is 22.7 Å². The molecule has 1 nitrogen and oxygen atoms in total. The summed E-state index contributed by atoms with van der Waals surface area (Å²) in [5.41, 5.74) is 7.57. The molecule has 1 rings (SSSR count). The SMILES string of the molecule is Cc1ccc([NH3+])c(C)c1.[Br-]. The summed E-state index contributed by atoms with van der Waals surface area (Å²) in [6, 6.07) is 6.27. The number of aryl methyl sites for hydroxylation is 2. The van der Waals surface area contributed by atoms with Crippen LogP contribution in [0, 0.1) is 13.8 Å². The van der Waals surface area contributed by atoms with E-state index in [4.69, 9.17) is 0 Å². The molecule has 0 radical (unpaired) electrons. The van der Waals surface area contributed by atoms with Crippen molar-refractivity contribution in [1.82, 2.24) is 0 Å². The molecule has 0 fully saturated rings. The fraction of sp³-hybridized carbons (Fsp3) is 0.250. The van der Waals surface area contributed by atoms with Crippen molar-refractivity contribution in [3.05, 3.63) is 29.3 Å². The van der Waals surface area contributed by atoms with Crippen LogP contribution in [0.4, 0.5) is 5.69 Å². The third kappa shape index (κ3) is 2.12. The van der Waals surface area contributed by atoms with Gasteiger partial charge in [0.05, 0.1) is 0 Å². The van der Waals surface area contributed by atoms with E-state index in [1.54, 1.807) is 0 Å². The van der Waals surface area contributed by atoms with Gasteiger partial charge in [-0.3, -0.25) is 0 Å². The molecule has 0 aromatic heterocycles. The molecular weight excluding hydrogens is 190 g/mol. The lowest BCUT2D eigenvalue weighted by molar-refractivity contribution is -0.255. The summed E-state index contributed by atoms with van der Waals surface area (Å²) >= 11 is 0. The summed E-state index contributed by atoms with van der Waals surface area (Å²) in [4.78, 5) is 0. The quantitative estimate of drug-likeness (QED) is 0.513. The molecule has 0 bridgehead atoms. The molecule has 2 heteroatoms. The maximum Gasteiger partial charge on any atom is 0.130 e. The predicted octanol–water partition coefficient (Wildman–Crippen LogP) is -1.82. The molecule has 0 aliphatic rings. The van der Waals surface area contributed by atoms with Gasteiger partial charge >= 0.3 is 0 Å². The summed E-state index contributed by atoms with van der Waals surface area (Å²) in [7, 11) is 0. The molecule has 0 amide bonds. The van der Waals surface area contributed by atoms with Crippen molar-refractivity contribution in [2.24, 2.45) is 0 Å². The molecule has 0 spiro atoms. The third-order valence-electron chi connectivity index (χ3n) is 1.50. The zero-order chi connectivity index (χ0) is 6.85. The van der Waals surface area contributed by atoms with E-state index in [0.717, 1.165) is 5.69 Å². The summed E-state index contributed by atoms with van der Waals surface area (Å²) in [5.74, 6) is 0. The number of hydrogen-bond donors (Lipinski definition) is 1. The lowest BCUT2D eigenvalue weighted by Gasteiger charge is -1.94. The molecule has 0 saturated carbocycles. The fourth-order valence-electron chi connectivity index (χ4n) is 0.846. The molecule has 0 aliphatic heterocycles. The Morgan fingerprint density at radius 2 is 1.80 bits per heavy atom. The molecule has 56 valence electrons. The van der Waals surface area contributed by atoms with Crippen LogP contribution < -0.4 is 22.7 Å². The highest BCUT2D eigenvalue weighted by atomic mass is 79.9. The summed E-state index contributed by atoms with van der Waals surface area (Å²) in [6.07, 6.45) is 0. The largest absolute Gasteiger partial charge is 1.00 e. The molecule has 10 heavy (non-hydrogen) atoms. The van der Waals surface area contributed by atoms with E-state index in [9.17, 15) is 0 Å². The van der Waals surface area contributed by atoms with Crippen molar-refractivity contribution in [2.45, 2.75) is 13.8 Å². The highest BCUT2D eigenvalue weighted by Gasteiger charge is 1.93. The maximum absolute atomic E-state index is 3.86. The minimum absolute atomic E-state index is 0. The topological polar surface area (TPSA) is 27.6 Å². The van der Waals surface area contributed by atoms with E-state index in [-0.39, 0.29) is 17.0 Å². The van der Waals surface area contributed by atoms with E-state index in [1.807, 2.05) is 6.07 Å². The van der Waals surface area contributed by atoms with E-state index in [1.165, 1.54) is 11.1 Å². The van der Waals surface area contributed by atoms with Gasteiger partial charge in [0.15, 0.2) is 0 Å². The van der Waals surface area contributed by atoms with Crippen LogP contribution in [0.1, 0.15) is 11.1 Å². The highest BCUT2D eigenvalue weighted by Crippen LogP contribution is 2.09. The minimum Gasteiger partial charge on any atom is -1.00 e. The van der Waals surface area contributed by atoms with Crippen molar-refractivity contribution >= 4 is 5.69 Å². The van der Waals surface area contributed by atoms with Gasteiger partial charge in [-0.25, -0.2) is 0 Å². The van der Waals surface area contributed by atoms with E-state index >= 15 is 0 Å². The second-order valence-corrected chi connectivity index (χ2v) is 2.43. The summed E-state index contributed by atoms with van der Waals surface area (Å²) in [6.45, 7) is 4.17. The molecule has 0 atom stereocenters. The van der Waals surface area contributed by atoms with Crippen LogP contribution in [-0.2, 0) is 0 Å². The molecule has 3 N–H and O–H groups in total. The molecule has 1 aromatic rings. The van der Waals surface area contributed by atoms with E-state index in [2.05, 4.69) is 31.7 Å². The lowest BCUT2D eigenvalue weighted by Crippen LogP contribution is -3.00. The van der Waals surface area contributed by atoms with Crippen molar-refractivity contribution in [1.29, 1.82) is 0 Å². The first kappa shape index (κ1) is 9.66. The first-order valence-corrected chi connectivity index (χ1v) is 3.09. The van der Waals surface area contributed by atoms with Gasteiger partial charge in [-0.05, 0) is 19.9 Å². The third-order valence-corrected chi connectivity index (χ3v) is 1.50. The van der Waals surface area contributed by atoms with Crippen LogP contribution in [0.2, 0.25) is 0 Å². The van der Waals surface area contributed by atoms with Crippen LogP contribution in [0.25, 0.3) is 0 Å². The Balaban J connectivity index is 0.000000810. The van der Waals surface area contributed by atoms with Crippen molar-refractivity contribution in [3.8, 4) is 0 Å². The van der Waals surface area contributed by atoms with Crippen LogP contribution in [0.5, 0.6) is 0 Å². The predicted molar refractivity (Wildman–Crippen MR) is 38.5 cm³/mol. The van der Waals surface area contributed by atoms with Crippen LogP contribution >= 0.6 is 0 Å². The summed E-state index contributed by atoms with van der Waals surface area (Å²) < 4.78 is 0. The number of benzene rings is 1. The Kier molecular flexibility index (Phi) is 3.61. The van der Waals surface area contributed by atoms with E-state index in [0.29, 0.717) is 0 Å². The second-order valence-electron chi connectivity index (χ2n) is 2.43. The Bertz CT molecular complexity index is 220. The van der Waals surface area contributed by atoms with Gasteiger partial charge in [-0.2, -0.15) is 0 Å². The van der Waals surface area contributed by atoms with Crippen LogP contribution in [-0.4, -0.2) is 0 Å². The fourth-order valence-corrected chi connectivity index (χ4v) is 0.846. The van der Waals surface area contributed by atoms with Crippen molar-refractivity contribution in [2.75, 3.05) is 0 Å². The second kappa shape index (κ2) is 3.74. The zero-order valence-corrected chi connectivity index (χ0v) is 7.90. The van der Waals surface area contributed by atoms with Crippen LogP contribution in [0.15, 0.2) is 18.2 Å². The minimum atomic E-state index is 0. The first-order valence-electron chi connectivity index (χ1n) is 3.09. The molecule has 0 heterocycles. The molecule has 0 unspecified atom stereocenters. The monoisotopic (exact) mass is 201 g/mol. The lowest BCUT2D eigenvalue weighted by atomic mass is 10.1. The first-order chi connectivity index (χ1) is 4.20. The Labute approximate surface area is 72.0 Å². The number of hydrogen-bond acceptors (Lipinski definition) is 0. The average molecular weight is 202 g/mol. The molecule has 0 aliphatic carbocycles. The normalized spacial score (nSPS) is 8.70. The number of halogens is 1. The average Bonchev–Trinajstić information content (AvgIpc) is 1.80. The Morgan fingerprint density at radius 1 is 1.20 bits per heavy atom. The smallest absolute Gasteiger partial charge is 0.130 e. The van der Waals surface area contributed by atoms with E-state index < -0.39 is 0 Å². The molecular formula is C8H12BrN.